The number of allylic oxidation sites excluding steroid dienone is 1. The van der Waals surface area contributed by atoms with Crippen LogP contribution in [-0.4, -0.2) is 9.13 Å². The number of para-hydroxylation sites is 3. The number of nitrogens with two attached hydrogens (primary N) is 1. The molecular weight excluding hydrogens is 462 g/mol. The van der Waals surface area contributed by atoms with Crippen molar-refractivity contribution in [2.45, 2.75) is 19.0 Å². The summed E-state index contributed by atoms with van der Waals surface area (Å²) in [6, 6.07) is 39.3. The van der Waals surface area contributed by atoms with Crippen molar-refractivity contribution in [2.75, 3.05) is 5.73 Å². The highest BCUT2D eigenvalue weighted by Gasteiger charge is 2.25. The number of hydrogen-bond acceptors (Lipinski definition) is 1. The minimum absolute atomic E-state index is 0.226. The van der Waals surface area contributed by atoms with Gasteiger partial charge in [0, 0.05) is 68.0 Å². The summed E-state index contributed by atoms with van der Waals surface area (Å²) in [7, 11) is 0. The van der Waals surface area contributed by atoms with E-state index in [1.54, 1.807) is 0 Å². The molecule has 1 aliphatic carbocycles. The first kappa shape index (κ1) is 21.3. The lowest BCUT2D eigenvalue weighted by Crippen LogP contribution is -2.16. The molecule has 1 atom stereocenters. The monoisotopic (exact) mass is 489 g/mol. The van der Waals surface area contributed by atoms with E-state index >= 15 is 0 Å². The fourth-order valence-corrected chi connectivity index (χ4v) is 6.58. The molecule has 5 aromatic carbocycles. The molecule has 1 aliphatic rings. The Hall–Kier alpha value is -4.76. The molecule has 2 heterocycles. The molecule has 0 fully saturated rings. The van der Waals surface area contributed by atoms with Crippen molar-refractivity contribution in [1.82, 2.24) is 9.13 Å². The topological polar surface area (TPSA) is 35.9 Å². The van der Waals surface area contributed by atoms with Crippen LogP contribution >= 0.6 is 0 Å². The van der Waals surface area contributed by atoms with Crippen LogP contribution in [0.15, 0.2) is 115 Å². The van der Waals surface area contributed by atoms with E-state index in [-0.39, 0.29) is 6.04 Å². The van der Waals surface area contributed by atoms with Crippen LogP contribution in [0, 0.1) is 0 Å². The van der Waals surface area contributed by atoms with Crippen molar-refractivity contribution >= 4 is 55.2 Å². The minimum atomic E-state index is 0.226. The van der Waals surface area contributed by atoms with Gasteiger partial charge >= 0.3 is 0 Å². The van der Waals surface area contributed by atoms with Crippen LogP contribution in [0.3, 0.4) is 0 Å². The van der Waals surface area contributed by atoms with Crippen molar-refractivity contribution in [3.8, 4) is 0 Å². The highest BCUT2D eigenvalue weighted by molar-refractivity contribution is 6.08. The van der Waals surface area contributed by atoms with Gasteiger partial charge in [-0.15, -0.1) is 0 Å². The Kier molecular flexibility index (Phi) is 4.56. The lowest BCUT2D eigenvalue weighted by molar-refractivity contribution is 0.603. The molecule has 3 nitrogen and oxygen atoms in total. The molecular formula is C35H27N3. The number of hydrogen-bond donors (Lipinski definition) is 1. The number of rotatable bonds is 3. The predicted octanol–water partition coefficient (Wildman–Crippen LogP) is 8.34. The van der Waals surface area contributed by atoms with Crippen LogP contribution in [-0.2, 0) is 13.0 Å². The summed E-state index contributed by atoms with van der Waals surface area (Å²) < 4.78 is 5.02. The van der Waals surface area contributed by atoms with E-state index in [9.17, 15) is 0 Å². The van der Waals surface area contributed by atoms with E-state index in [2.05, 4.69) is 130 Å². The molecule has 0 radical (unpaired) electrons. The van der Waals surface area contributed by atoms with Gasteiger partial charge in [-0.3, -0.25) is 0 Å². The van der Waals surface area contributed by atoms with Gasteiger partial charge < -0.3 is 14.9 Å². The Morgan fingerprint density at radius 2 is 1.24 bits per heavy atom. The van der Waals surface area contributed by atoms with Gasteiger partial charge in [0.05, 0.1) is 6.04 Å². The molecule has 2 aromatic heterocycles. The van der Waals surface area contributed by atoms with E-state index in [1.807, 2.05) is 0 Å². The van der Waals surface area contributed by atoms with Crippen molar-refractivity contribution < 1.29 is 0 Å². The first-order valence-corrected chi connectivity index (χ1v) is 13.3. The number of anilines is 1. The largest absolute Gasteiger partial charge is 0.398 e. The maximum atomic E-state index is 6.75. The number of fused-ring (bicyclic) bond motifs is 7. The molecule has 182 valence electrons. The normalized spacial score (nSPS) is 15.1. The summed E-state index contributed by atoms with van der Waals surface area (Å²) in [5, 5.41) is 6.23. The van der Waals surface area contributed by atoms with E-state index < -0.39 is 0 Å². The summed E-state index contributed by atoms with van der Waals surface area (Å²) in [6.45, 7) is 0.750. The van der Waals surface area contributed by atoms with Gasteiger partial charge in [0.15, 0.2) is 0 Å². The number of nitrogen functional groups attached to an aromatic ring is 1. The van der Waals surface area contributed by atoms with Crippen LogP contribution in [0.5, 0.6) is 0 Å². The Bertz CT molecular complexity index is 2000. The van der Waals surface area contributed by atoms with Crippen molar-refractivity contribution in [2.24, 2.45) is 0 Å². The van der Waals surface area contributed by atoms with E-state index in [1.165, 1.54) is 49.4 Å². The van der Waals surface area contributed by atoms with Crippen LogP contribution in [0.4, 0.5) is 5.69 Å². The molecule has 0 saturated heterocycles. The Morgan fingerprint density at radius 3 is 1.97 bits per heavy atom. The highest BCUT2D eigenvalue weighted by atomic mass is 15.0. The number of benzene rings is 5. The average Bonchev–Trinajstić information content (AvgIpc) is 3.47. The van der Waals surface area contributed by atoms with Gasteiger partial charge in [0.2, 0.25) is 0 Å². The standard InChI is InChI=1S/C35H27N3/c36-35-24(18-17-23-9-1-2-10-26(23)35)22-37-31-14-6-3-11-27(31)30-20-19-25(21-34(30)37)38-32-15-7-4-12-28(32)29-13-5-8-16-33(29)38/h1-20,25H,21-22,36H2. The molecule has 0 amide bonds. The van der Waals surface area contributed by atoms with E-state index in [4.69, 9.17) is 5.73 Å². The summed E-state index contributed by atoms with van der Waals surface area (Å²) in [6.07, 6.45) is 5.66. The first-order chi connectivity index (χ1) is 18.8. The second kappa shape index (κ2) is 8.12. The fourth-order valence-electron chi connectivity index (χ4n) is 6.58. The fraction of sp³-hybridized carbons (Fsp3) is 0.0857. The second-order valence-corrected chi connectivity index (χ2v) is 10.4. The summed E-state index contributed by atoms with van der Waals surface area (Å²) >= 11 is 0. The van der Waals surface area contributed by atoms with E-state index in [0.717, 1.165) is 29.6 Å². The Morgan fingerprint density at radius 1 is 0.632 bits per heavy atom. The highest BCUT2D eigenvalue weighted by Crippen LogP contribution is 2.39. The van der Waals surface area contributed by atoms with Crippen LogP contribution in [0.1, 0.15) is 22.9 Å². The molecule has 0 aliphatic heterocycles. The molecule has 2 N–H and O–H groups in total. The Labute approximate surface area is 221 Å². The van der Waals surface area contributed by atoms with Crippen LogP contribution < -0.4 is 5.73 Å². The SMILES string of the molecule is Nc1c(Cn2c3c(c4ccccc42)C=CC(n2c4ccccc4c4ccccc42)C3)ccc2ccccc12. The maximum Gasteiger partial charge on any atom is 0.0580 e. The average molecular weight is 490 g/mol. The zero-order valence-corrected chi connectivity index (χ0v) is 21.0. The summed E-state index contributed by atoms with van der Waals surface area (Å²) in [4.78, 5) is 0. The lowest BCUT2D eigenvalue weighted by Gasteiger charge is -2.24. The third-order valence-corrected chi connectivity index (χ3v) is 8.35. The molecule has 8 rings (SSSR count). The van der Waals surface area contributed by atoms with Crippen LogP contribution in [0.2, 0.25) is 0 Å². The lowest BCUT2D eigenvalue weighted by atomic mass is 9.98. The van der Waals surface area contributed by atoms with Gasteiger partial charge in [-0.1, -0.05) is 103 Å². The smallest absolute Gasteiger partial charge is 0.0580 e. The van der Waals surface area contributed by atoms with Crippen molar-refractivity contribution in [1.29, 1.82) is 0 Å². The summed E-state index contributed by atoms with van der Waals surface area (Å²) in [5.74, 6) is 0. The third kappa shape index (κ3) is 3.02. The van der Waals surface area contributed by atoms with Gasteiger partial charge in [-0.05, 0) is 29.1 Å². The van der Waals surface area contributed by atoms with Gasteiger partial charge in [0.25, 0.3) is 0 Å². The molecule has 0 saturated carbocycles. The zero-order chi connectivity index (χ0) is 25.2. The number of aromatic nitrogens is 2. The molecule has 0 spiro atoms. The predicted molar refractivity (Wildman–Crippen MR) is 161 cm³/mol. The quantitative estimate of drug-likeness (QED) is 0.249. The molecule has 0 bridgehead atoms. The third-order valence-electron chi connectivity index (χ3n) is 8.35. The van der Waals surface area contributed by atoms with Gasteiger partial charge in [-0.2, -0.15) is 0 Å². The minimum Gasteiger partial charge on any atom is -0.398 e. The molecule has 3 heteroatoms. The molecule has 38 heavy (non-hydrogen) atoms. The second-order valence-electron chi connectivity index (χ2n) is 10.4. The number of nitrogens with zero attached hydrogens (tertiary/aromatic N) is 2. The molecule has 1 unspecified atom stereocenters. The van der Waals surface area contributed by atoms with Crippen molar-refractivity contribution in [3.05, 3.63) is 132 Å². The van der Waals surface area contributed by atoms with Gasteiger partial charge in [-0.25, -0.2) is 0 Å². The van der Waals surface area contributed by atoms with E-state index in [0.29, 0.717) is 0 Å². The molecule has 7 aromatic rings. The zero-order valence-electron chi connectivity index (χ0n) is 21.0. The van der Waals surface area contributed by atoms with Crippen molar-refractivity contribution in [3.63, 3.8) is 0 Å². The Balaban J connectivity index is 1.30. The summed E-state index contributed by atoms with van der Waals surface area (Å²) in [5.41, 5.74) is 15.3. The van der Waals surface area contributed by atoms with Crippen LogP contribution in [0.25, 0.3) is 49.6 Å². The first-order valence-electron chi connectivity index (χ1n) is 13.3. The maximum absolute atomic E-state index is 6.75. The van der Waals surface area contributed by atoms with Gasteiger partial charge in [0.1, 0.15) is 0 Å².